The first-order valence-electron chi connectivity index (χ1n) is 10.2. The number of nitrogens with zero attached hydrogens (tertiary/aromatic N) is 2. The van der Waals surface area contributed by atoms with Crippen LogP contribution in [0.15, 0.2) is 53.5 Å². The van der Waals surface area contributed by atoms with E-state index in [1.54, 1.807) is 17.0 Å². The molecule has 2 aliphatic rings. The van der Waals surface area contributed by atoms with Crippen molar-refractivity contribution in [3.63, 3.8) is 0 Å². The van der Waals surface area contributed by atoms with E-state index in [1.807, 2.05) is 50.2 Å². The van der Waals surface area contributed by atoms with Crippen LogP contribution in [0, 0.1) is 6.92 Å². The molecule has 156 valence electrons. The third kappa shape index (κ3) is 4.84. The summed E-state index contributed by atoms with van der Waals surface area (Å²) in [5.74, 6) is 0.557. The van der Waals surface area contributed by atoms with Crippen molar-refractivity contribution in [2.24, 2.45) is 4.99 Å². The van der Waals surface area contributed by atoms with Gasteiger partial charge in [0.15, 0.2) is 5.17 Å². The quantitative estimate of drug-likeness (QED) is 0.711. The average Bonchev–Trinajstić information content (AvgIpc) is 3.51. The number of thioether (sulfide) groups is 1. The van der Waals surface area contributed by atoms with Crippen molar-refractivity contribution in [2.75, 3.05) is 11.9 Å². The third-order valence-electron chi connectivity index (χ3n) is 4.96. The van der Waals surface area contributed by atoms with Crippen LogP contribution in [0.3, 0.4) is 0 Å². The number of benzene rings is 2. The van der Waals surface area contributed by atoms with Gasteiger partial charge in [-0.3, -0.25) is 14.5 Å². The molecule has 1 saturated carbocycles. The van der Waals surface area contributed by atoms with E-state index in [-0.39, 0.29) is 24.3 Å². The predicted molar refractivity (Wildman–Crippen MR) is 120 cm³/mol. The number of carbonyl (C=O) groups excluding carboxylic acids is 2. The zero-order valence-corrected chi connectivity index (χ0v) is 17.9. The van der Waals surface area contributed by atoms with Crippen LogP contribution >= 0.6 is 11.8 Å². The van der Waals surface area contributed by atoms with Crippen molar-refractivity contribution >= 4 is 40.1 Å². The molecule has 1 atom stereocenters. The lowest BCUT2D eigenvalue weighted by Gasteiger charge is -2.15. The number of amidine groups is 1. The van der Waals surface area contributed by atoms with Crippen molar-refractivity contribution in [2.45, 2.75) is 44.4 Å². The number of rotatable bonds is 7. The van der Waals surface area contributed by atoms with Gasteiger partial charge in [-0.25, -0.2) is 4.99 Å². The number of hydrogen-bond donors (Lipinski definition) is 1. The van der Waals surface area contributed by atoms with E-state index in [2.05, 4.69) is 5.32 Å². The second-order valence-corrected chi connectivity index (χ2v) is 8.66. The Balaban J connectivity index is 1.43. The summed E-state index contributed by atoms with van der Waals surface area (Å²) in [5.41, 5.74) is 2.67. The molecule has 1 heterocycles. The van der Waals surface area contributed by atoms with Crippen LogP contribution in [0.5, 0.6) is 5.75 Å². The number of carbonyl (C=O) groups is 2. The number of hydrogen-bond acceptors (Lipinski definition) is 5. The van der Waals surface area contributed by atoms with Gasteiger partial charge in [0, 0.05) is 18.2 Å². The van der Waals surface area contributed by atoms with Crippen LogP contribution in [0.25, 0.3) is 0 Å². The van der Waals surface area contributed by atoms with Crippen LogP contribution in [0.2, 0.25) is 0 Å². The van der Waals surface area contributed by atoms with E-state index in [1.165, 1.54) is 11.8 Å². The van der Waals surface area contributed by atoms with Crippen molar-refractivity contribution in [1.82, 2.24) is 4.90 Å². The fraction of sp³-hybridized carbons (Fsp3) is 0.348. The van der Waals surface area contributed by atoms with Gasteiger partial charge in [0.2, 0.25) is 11.8 Å². The summed E-state index contributed by atoms with van der Waals surface area (Å²) in [6, 6.07) is 15.3. The average molecular weight is 424 g/mol. The molecule has 1 aliphatic heterocycles. The number of aryl methyl sites for hydroxylation is 1. The molecule has 2 fully saturated rings. The van der Waals surface area contributed by atoms with Gasteiger partial charge in [0.25, 0.3) is 0 Å². The van der Waals surface area contributed by atoms with Crippen LogP contribution in [0.1, 0.15) is 31.7 Å². The summed E-state index contributed by atoms with van der Waals surface area (Å²) >= 11 is 1.39. The molecule has 2 aromatic carbocycles. The van der Waals surface area contributed by atoms with Crippen molar-refractivity contribution in [1.29, 1.82) is 0 Å². The Hall–Kier alpha value is -2.80. The fourth-order valence-electron chi connectivity index (χ4n) is 3.27. The number of anilines is 1. The minimum atomic E-state index is -0.447. The number of aliphatic imine (C=N–C) groups is 1. The second kappa shape index (κ2) is 8.92. The summed E-state index contributed by atoms with van der Waals surface area (Å²) in [6.07, 6.45) is 2.10. The first-order valence-corrected chi connectivity index (χ1v) is 11.1. The summed E-state index contributed by atoms with van der Waals surface area (Å²) in [7, 11) is 0. The maximum atomic E-state index is 13.0. The second-order valence-electron chi connectivity index (χ2n) is 7.49. The molecule has 2 amide bonds. The number of ether oxygens (including phenoxy) is 1. The van der Waals surface area contributed by atoms with Crippen molar-refractivity contribution in [3.8, 4) is 5.75 Å². The molecule has 0 aromatic heterocycles. The molecule has 7 heteroatoms. The maximum Gasteiger partial charge on any atom is 0.242 e. The molecular weight excluding hydrogens is 398 g/mol. The van der Waals surface area contributed by atoms with Crippen LogP contribution in [0.4, 0.5) is 11.4 Å². The monoisotopic (exact) mass is 423 g/mol. The van der Waals surface area contributed by atoms with E-state index in [9.17, 15) is 9.59 Å². The Labute approximate surface area is 180 Å². The van der Waals surface area contributed by atoms with E-state index >= 15 is 0 Å². The summed E-state index contributed by atoms with van der Waals surface area (Å²) < 4.78 is 5.42. The lowest BCUT2D eigenvalue weighted by atomic mass is 10.2. The maximum absolute atomic E-state index is 13.0. The summed E-state index contributed by atoms with van der Waals surface area (Å²) in [4.78, 5) is 32.0. The van der Waals surface area contributed by atoms with Gasteiger partial charge in [0.1, 0.15) is 11.0 Å². The molecule has 4 rings (SSSR count). The highest BCUT2D eigenvalue weighted by molar-refractivity contribution is 8.15. The molecule has 1 saturated heterocycles. The molecule has 0 spiro atoms. The van der Waals surface area contributed by atoms with Gasteiger partial charge < -0.3 is 10.1 Å². The van der Waals surface area contributed by atoms with Crippen LogP contribution < -0.4 is 10.1 Å². The van der Waals surface area contributed by atoms with Gasteiger partial charge in [-0.05, 0) is 63.1 Å². The Bertz CT molecular complexity index is 953. The smallest absolute Gasteiger partial charge is 0.242 e. The Morgan fingerprint density at radius 2 is 1.87 bits per heavy atom. The lowest BCUT2D eigenvalue weighted by Crippen LogP contribution is -2.35. The Morgan fingerprint density at radius 1 is 1.17 bits per heavy atom. The normalized spacial score (nSPS) is 19.9. The third-order valence-corrected chi connectivity index (χ3v) is 6.11. The highest BCUT2D eigenvalue weighted by atomic mass is 32.2. The number of nitrogens with one attached hydrogen (secondary N) is 1. The SMILES string of the molecule is CCOc1ccc(NC(=O)C[C@@H]2SC(=Nc3ccc(C)cc3)N(C3CC3)C2=O)cc1. The predicted octanol–water partition coefficient (Wildman–Crippen LogP) is 4.52. The van der Waals surface area contributed by atoms with Gasteiger partial charge in [-0.15, -0.1) is 0 Å². The summed E-state index contributed by atoms with van der Waals surface area (Å²) in [6.45, 7) is 4.55. The van der Waals surface area contributed by atoms with E-state index in [0.717, 1.165) is 29.8 Å². The topological polar surface area (TPSA) is 71.0 Å². The van der Waals surface area contributed by atoms with E-state index < -0.39 is 5.25 Å². The van der Waals surface area contributed by atoms with Crippen LogP contribution in [-0.2, 0) is 9.59 Å². The molecule has 0 bridgehead atoms. The molecule has 2 aromatic rings. The molecule has 30 heavy (non-hydrogen) atoms. The molecule has 1 N–H and O–H groups in total. The highest BCUT2D eigenvalue weighted by Crippen LogP contribution is 2.39. The fourth-order valence-corrected chi connectivity index (χ4v) is 4.49. The first-order chi connectivity index (χ1) is 14.5. The Kier molecular flexibility index (Phi) is 6.08. The van der Waals surface area contributed by atoms with Gasteiger partial charge >= 0.3 is 0 Å². The molecule has 6 nitrogen and oxygen atoms in total. The lowest BCUT2D eigenvalue weighted by molar-refractivity contribution is -0.128. The molecular formula is C23H25N3O3S. The van der Waals surface area contributed by atoms with Crippen molar-refractivity contribution < 1.29 is 14.3 Å². The van der Waals surface area contributed by atoms with Gasteiger partial charge in [0.05, 0.1) is 12.3 Å². The van der Waals surface area contributed by atoms with E-state index in [0.29, 0.717) is 17.5 Å². The zero-order chi connectivity index (χ0) is 21.1. The molecule has 1 aliphatic carbocycles. The van der Waals surface area contributed by atoms with E-state index in [4.69, 9.17) is 9.73 Å². The first kappa shape index (κ1) is 20.5. The highest BCUT2D eigenvalue weighted by Gasteiger charge is 2.46. The largest absolute Gasteiger partial charge is 0.494 e. The Morgan fingerprint density at radius 3 is 2.50 bits per heavy atom. The minimum Gasteiger partial charge on any atom is -0.494 e. The number of amides is 2. The standard InChI is InChI=1S/C23H25N3O3S/c1-3-29-19-12-8-16(9-13-19)24-21(27)14-20-22(28)26(18-10-11-18)23(30-20)25-17-6-4-15(2)5-7-17/h4-9,12-13,18,20H,3,10-11,14H2,1-2H3,(H,24,27)/t20-/m0/s1. The van der Waals surface area contributed by atoms with Crippen molar-refractivity contribution in [3.05, 3.63) is 54.1 Å². The van der Waals surface area contributed by atoms with Gasteiger partial charge in [-0.1, -0.05) is 29.5 Å². The van der Waals surface area contributed by atoms with Gasteiger partial charge in [-0.2, -0.15) is 0 Å². The zero-order valence-electron chi connectivity index (χ0n) is 17.1. The molecule has 0 unspecified atom stereocenters. The van der Waals surface area contributed by atoms with Crippen LogP contribution in [-0.4, -0.2) is 39.8 Å². The minimum absolute atomic E-state index is 0.0183. The molecule has 0 radical (unpaired) electrons. The summed E-state index contributed by atoms with van der Waals surface area (Å²) in [5, 5.41) is 3.12.